The molecule has 44 heavy (non-hydrogen) atoms. The van der Waals surface area contributed by atoms with Crippen LogP contribution < -0.4 is 9.64 Å². The van der Waals surface area contributed by atoms with Crippen molar-refractivity contribution in [3.05, 3.63) is 39.7 Å². The average Bonchev–Trinajstić information content (AvgIpc) is 3.60. The number of carboxylic acids is 1. The zero-order valence-corrected chi connectivity index (χ0v) is 27.3. The predicted molar refractivity (Wildman–Crippen MR) is 172 cm³/mol. The molecule has 2 aliphatic carbocycles. The van der Waals surface area contributed by atoms with Crippen molar-refractivity contribution in [2.45, 2.75) is 104 Å². The number of carbonyl (C=O) groups is 3. The SMILES string of the molecule is CC1CCC(C(=O)N(c2cc(C#CC(C)(C)C)sc2C(=O)O)C2CCC(Oc3ncccc3CN3CCC(=O)C3)CC2)CC1. The Balaban J connectivity index is 1.35. The number of nitrogens with zero attached hydrogens (tertiary/aromatic N) is 3. The van der Waals surface area contributed by atoms with E-state index in [2.05, 4.69) is 28.6 Å². The number of ketones is 1. The third-order valence-corrected chi connectivity index (χ3v) is 10.00. The molecule has 0 unspecified atom stereocenters. The number of pyridine rings is 1. The maximum atomic E-state index is 14.2. The van der Waals surface area contributed by atoms with Crippen molar-refractivity contribution in [1.29, 1.82) is 0 Å². The lowest BCUT2D eigenvalue weighted by Gasteiger charge is -2.39. The van der Waals surface area contributed by atoms with Crippen molar-refractivity contribution >= 4 is 34.7 Å². The van der Waals surface area contributed by atoms with Crippen LogP contribution in [0.25, 0.3) is 0 Å². The fraction of sp³-hybridized carbons (Fsp3) is 0.600. The minimum Gasteiger partial charge on any atom is -0.477 e. The van der Waals surface area contributed by atoms with Gasteiger partial charge in [0.05, 0.1) is 17.1 Å². The number of likely N-dealkylation sites (tertiary alicyclic amines) is 1. The molecule has 2 saturated carbocycles. The molecular weight excluding hydrogens is 574 g/mol. The molecule has 0 aromatic carbocycles. The van der Waals surface area contributed by atoms with Gasteiger partial charge in [-0.2, -0.15) is 0 Å². The van der Waals surface area contributed by atoms with Gasteiger partial charge in [0, 0.05) is 48.6 Å². The topological polar surface area (TPSA) is 100 Å². The van der Waals surface area contributed by atoms with Gasteiger partial charge in [0.25, 0.3) is 0 Å². The molecule has 3 fully saturated rings. The van der Waals surface area contributed by atoms with Crippen LogP contribution in [0, 0.1) is 29.1 Å². The molecule has 3 heterocycles. The molecule has 1 amide bonds. The van der Waals surface area contributed by atoms with Crippen LogP contribution >= 0.6 is 11.3 Å². The lowest BCUT2D eigenvalue weighted by molar-refractivity contribution is -0.124. The second-order valence-electron chi connectivity index (χ2n) is 13.8. The summed E-state index contributed by atoms with van der Waals surface area (Å²) in [6.45, 7) is 10.2. The average molecular weight is 620 g/mol. The van der Waals surface area contributed by atoms with Gasteiger partial charge >= 0.3 is 5.97 Å². The van der Waals surface area contributed by atoms with Gasteiger partial charge < -0.3 is 14.7 Å². The summed E-state index contributed by atoms with van der Waals surface area (Å²) in [6.07, 6.45) is 8.86. The second-order valence-corrected chi connectivity index (χ2v) is 14.9. The number of aromatic carboxylic acids is 1. The van der Waals surface area contributed by atoms with Crippen LogP contribution in [-0.2, 0) is 16.1 Å². The van der Waals surface area contributed by atoms with Crippen LogP contribution in [0.2, 0.25) is 0 Å². The Bertz CT molecular complexity index is 1420. The number of amides is 1. The van der Waals surface area contributed by atoms with Gasteiger partial charge in [-0.05, 0) is 90.2 Å². The summed E-state index contributed by atoms with van der Waals surface area (Å²) in [6, 6.07) is 5.61. The van der Waals surface area contributed by atoms with Gasteiger partial charge in [0.15, 0.2) is 0 Å². The maximum absolute atomic E-state index is 14.2. The van der Waals surface area contributed by atoms with Crippen LogP contribution in [-0.4, -0.2) is 57.9 Å². The molecule has 3 aliphatic rings. The minimum absolute atomic E-state index is 0.0454. The van der Waals surface area contributed by atoms with E-state index in [1.54, 1.807) is 6.20 Å². The first-order valence-corrected chi connectivity index (χ1v) is 16.9. The zero-order valence-electron chi connectivity index (χ0n) is 26.4. The standard InChI is InChI=1S/C35H45N3O5S/c1-23-7-9-24(10-8-23)33(40)38(30-20-29(15-17-35(2,3)4)44-31(30)34(41)42)26-11-13-28(14-12-26)43-32-25(6-5-18-36-32)21-37-19-16-27(39)22-37/h5-6,18,20,23-24,26,28H,7-14,16,19,21-22H2,1-4H3,(H,41,42). The molecule has 1 saturated heterocycles. The van der Waals surface area contributed by atoms with Crippen molar-refractivity contribution in [3.63, 3.8) is 0 Å². The van der Waals surface area contributed by atoms with E-state index in [4.69, 9.17) is 4.74 Å². The van der Waals surface area contributed by atoms with Crippen molar-refractivity contribution in [2.75, 3.05) is 18.0 Å². The van der Waals surface area contributed by atoms with E-state index in [0.717, 1.165) is 62.0 Å². The molecule has 0 spiro atoms. The van der Waals surface area contributed by atoms with Crippen LogP contribution in [0.15, 0.2) is 24.4 Å². The summed E-state index contributed by atoms with van der Waals surface area (Å²) in [5.74, 6) is 6.78. The first kappa shape index (κ1) is 32.2. The van der Waals surface area contributed by atoms with Gasteiger partial charge in [-0.25, -0.2) is 9.78 Å². The van der Waals surface area contributed by atoms with Gasteiger partial charge in [0.1, 0.15) is 16.8 Å². The molecule has 1 aliphatic heterocycles. The normalized spacial score (nSPS) is 24.4. The number of thiophene rings is 1. The molecular formula is C35H45N3O5S. The van der Waals surface area contributed by atoms with Crippen molar-refractivity contribution < 1.29 is 24.2 Å². The van der Waals surface area contributed by atoms with Gasteiger partial charge in [-0.3, -0.25) is 14.5 Å². The molecule has 0 bridgehead atoms. The number of Topliss-reactive ketones (excluding diaryl/α,β-unsaturated/α-hetero) is 1. The fourth-order valence-corrected chi connectivity index (χ4v) is 7.36. The monoisotopic (exact) mass is 619 g/mol. The predicted octanol–water partition coefficient (Wildman–Crippen LogP) is 6.56. The highest BCUT2D eigenvalue weighted by Crippen LogP contribution is 2.39. The van der Waals surface area contributed by atoms with E-state index in [-0.39, 0.29) is 40.0 Å². The van der Waals surface area contributed by atoms with Gasteiger partial charge in [-0.1, -0.05) is 24.8 Å². The van der Waals surface area contributed by atoms with Crippen molar-refractivity contribution in [2.24, 2.45) is 17.3 Å². The summed E-state index contributed by atoms with van der Waals surface area (Å²) >= 11 is 1.16. The number of carbonyl (C=O) groups excluding carboxylic acids is 2. The molecule has 5 rings (SSSR count). The van der Waals surface area contributed by atoms with E-state index in [0.29, 0.717) is 54.7 Å². The summed E-state index contributed by atoms with van der Waals surface area (Å²) in [7, 11) is 0. The summed E-state index contributed by atoms with van der Waals surface area (Å²) < 4.78 is 6.44. The number of rotatable bonds is 8. The van der Waals surface area contributed by atoms with Gasteiger partial charge in [-0.15, -0.1) is 11.3 Å². The van der Waals surface area contributed by atoms with Crippen molar-refractivity contribution in [1.82, 2.24) is 9.88 Å². The fourth-order valence-electron chi connectivity index (χ4n) is 6.52. The number of aromatic nitrogens is 1. The first-order chi connectivity index (χ1) is 21.0. The molecule has 0 atom stereocenters. The smallest absolute Gasteiger partial charge is 0.348 e. The highest BCUT2D eigenvalue weighted by molar-refractivity contribution is 7.15. The van der Waals surface area contributed by atoms with E-state index < -0.39 is 5.97 Å². The quantitative estimate of drug-likeness (QED) is 0.334. The molecule has 2 aromatic rings. The third-order valence-electron chi connectivity index (χ3n) is 8.97. The molecule has 0 radical (unpaired) electrons. The maximum Gasteiger partial charge on any atom is 0.348 e. The molecule has 9 heteroatoms. The highest BCUT2D eigenvalue weighted by atomic mass is 32.1. The zero-order chi connectivity index (χ0) is 31.4. The summed E-state index contributed by atoms with van der Waals surface area (Å²) in [4.78, 5) is 47.8. The van der Waals surface area contributed by atoms with Gasteiger partial charge in [0.2, 0.25) is 11.8 Å². The van der Waals surface area contributed by atoms with E-state index >= 15 is 0 Å². The lowest BCUT2D eigenvalue weighted by atomic mass is 9.81. The van der Waals surface area contributed by atoms with Crippen LogP contribution in [0.5, 0.6) is 5.88 Å². The van der Waals surface area contributed by atoms with E-state index in [1.807, 2.05) is 43.9 Å². The Kier molecular flexibility index (Phi) is 10.1. The van der Waals surface area contributed by atoms with Crippen LogP contribution in [0.4, 0.5) is 5.69 Å². The molecule has 2 aromatic heterocycles. The number of ether oxygens (including phenoxy) is 1. The number of hydrogen-bond donors (Lipinski definition) is 1. The third kappa shape index (κ3) is 8.08. The lowest BCUT2D eigenvalue weighted by Crippen LogP contribution is -2.47. The van der Waals surface area contributed by atoms with Crippen molar-refractivity contribution in [3.8, 4) is 17.7 Å². The Morgan fingerprint density at radius 3 is 2.50 bits per heavy atom. The number of carboxylic acid groups (broad SMARTS) is 1. The Morgan fingerprint density at radius 2 is 1.86 bits per heavy atom. The van der Waals surface area contributed by atoms with E-state index in [1.165, 1.54) is 0 Å². The Labute approximate surface area is 265 Å². The molecule has 8 nitrogen and oxygen atoms in total. The summed E-state index contributed by atoms with van der Waals surface area (Å²) in [5.41, 5.74) is 1.24. The highest BCUT2D eigenvalue weighted by Gasteiger charge is 2.38. The Morgan fingerprint density at radius 1 is 1.14 bits per heavy atom. The van der Waals surface area contributed by atoms with Crippen LogP contribution in [0.3, 0.4) is 0 Å². The molecule has 1 N–H and O–H groups in total. The van der Waals surface area contributed by atoms with Crippen LogP contribution in [0.1, 0.15) is 106 Å². The Hall–Kier alpha value is -3.22. The largest absolute Gasteiger partial charge is 0.477 e. The second kappa shape index (κ2) is 13.8. The first-order valence-electron chi connectivity index (χ1n) is 16.0. The van der Waals surface area contributed by atoms with E-state index in [9.17, 15) is 19.5 Å². The number of hydrogen-bond acceptors (Lipinski definition) is 7. The minimum atomic E-state index is -1.02. The molecule has 236 valence electrons. The number of anilines is 1. The summed E-state index contributed by atoms with van der Waals surface area (Å²) in [5, 5.41) is 10.2.